The van der Waals surface area contributed by atoms with E-state index < -0.39 is 23.5 Å². The Labute approximate surface area is 121 Å². The minimum absolute atomic E-state index is 0.0883. The molecule has 0 bridgehead atoms. The largest absolute Gasteiger partial charge is 0.396 e. The highest BCUT2D eigenvalue weighted by atomic mass is 19.1. The number of halogens is 2. The van der Waals surface area contributed by atoms with Crippen molar-refractivity contribution in [2.24, 2.45) is 0 Å². The molecule has 0 saturated heterocycles. The van der Waals surface area contributed by atoms with Crippen LogP contribution in [0.4, 0.5) is 8.78 Å². The second-order valence-electron chi connectivity index (χ2n) is 4.65. The van der Waals surface area contributed by atoms with Crippen LogP contribution in [0.3, 0.4) is 0 Å². The van der Waals surface area contributed by atoms with Crippen LogP contribution in [0.25, 0.3) is 0 Å². The maximum Gasteiger partial charge on any atom is 0.147 e. The molecular formula is C16H14F2N2O. The first-order chi connectivity index (χ1) is 10.2. The van der Waals surface area contributed by atoms with Crippen LogP contribution in [-0.2, 0) is 0 Å². The molecule has 0 aliphatic heterocycles. The molecule has 0 fully saturated rings. The molecule has 0 spiro atoms. The van der Waals surface area contributed by atoms with Gasteiger partial charge in [-0.3, -0.25) is 4.98 Å². The molecule has 108 valence electrons. The van der Waals surface area contributed by atoms with Gasteiger partial charge in [0.2, 0.25) is 0 Å². The highest BCUT2D eigenvalue weighted by molar-refractivity contribution is 5.33. The maximum atomic E-state index is 13.9. The SMILES string of the molecule is N#C[C@H](c1ccccc1)[C@H](CCO)c1c(F)cncc1F. The van der Waals surface area contributed by atoms with Gasteiger partial charge in [-0.05, 0) is 12.0 Å². The van der Waals surface area contributed by atoms with Gasteiger partial charge < -0.3 is 5.11 Å². The Morgan fingerprint density at radius 3 is 2.29 bits per heavy atom. The van der Waals surface area contributed by atoms with Gasteiger partial charge in [0.15, 0.2) is 0 Å². The molecular weight excluding hydrogens is 274 g/mol. The number of aliphatic hydroxyl groups excluding tert-OH is 1. The van der Waals surface area contributed by atoms with Crippen molar-refractivity contribution >= 4 is 0 Å². The smallest absolute Gasteiger partial charge is 0.147 e. The summed E-state index contributed by atoms with van der Waals surface area (Å²) in [5.41, 5.74) is 0.462. The zero-order valence-corrected chi connectivity index (χ0v) is 11.2. The standard InChI is InChI=1S/C16H14F2N2O/c17-14-9-20-10-15(18)16(14)12(6-7-21)13(8-19)11-4-2-1-3-5-11/h1-5,9-10,12-13,21H,6-7H2/t12-,13+/m0/s1. The summed E-state index contributed by atoms with van der Waals surface area (Å²) in [7, 11) is 0. The van der Waals surface area contributed by atoms with E-state index in [2.05, 4.69) is 11.1 Å². The van der Waals surface area contributed by atoms with Crippen molar-refractivity contribution in [2.75, 3.05) is 6.61 Å². The molecule has 1 aromatic heterocycles. The van der Waals surface area contributed by atoms with E-state index in [0.717, 1.165) is 12.4 Å². The summed E-state index contributed by atoms with van der Waals surface area (Å²) in [4.78, 5) is 3.45. The van der Waals surface area contributed by atoms with Crippen LogP contribution in [0.1, 0.15) is 29.4 Å². The fourth-order valence-corrected chi connectivity index (χ4v) is 2.45. The summed E-state index contributed by atoms with van der Waals surface area (Å²) in [6.07, 6.45) is 1.93. The van der Waals surface area contributed by atoms with E-state index in [1.807, 2.05) is 0 Å². The Balaban J connectivity index is 2.50. The molecule has 1 N–H and O–H groups in total. The second kappa shape index (κ2) is 6.91. The molecule has 1 aromatic carbocycles. The van der Waals surface area contributed by atoms with Crippen LogP contribution >= 0.6 is 0 Å². The summed E-state index contributed by atoms with van der Waals surface area (Å²) < 4.78 is 27.9. The number of nitriles is 1. The molecule has 3 nitrogen and oxygen atoms in total. The molecule has 5 heteroatoms. The summed E-state index contributed by atoms with van der Waals surface area (Å²) in [6.45, 7) is -0.267. The van der Waals surface area contributed by atoms with Gasteiger partial charge >= 0.3 is 0 Å². The van der Waals surface area contributed by atoms with E-state index in [-0.39, 0.29) is 18.6 Å². The van der Waals surface area contributed by atoms with Gasteiger partial charge in [-0.15, -0.1) is 0 Å². The van der Waals surface area contributed by atoms with Crippen molar-refractivity contribution in [3.05, 3.63) is 65.5 Å². The fourth-order valence-electron chi connectivity index (χ4n) is 2.45. The lowest BCUT2D eigenvalue weighted by molar-refractivity contribution is 0.269. The van der Waals surface area contributed by atoms with E-state index >= 15 is 0 Å². The summed E-state index contributed by atoms with van der Waals surface area (Å²) in [5.74, 6) is -3.12. The number of hydrogen-bond donors (Lipinski definition) is 1. The minimum Gasteiger partial charge on any atom is -0.396 e. The van der Waals surface area contributed by atoms with Crippen molar-refractivity contribution < 1.29 is 13.9 Å². The van der Waals surface area contributed by atoms with Gasteiger partial charge in [-0.2, -0.15) is 5.26 Å². The highest BCUT2D eigenvalue weighted by Gasteiger charge is 2.29. The first-order valence-electron chi connectivity index (χ1n) is 6.53. The Hall–Kier alpha value is -2.32. The van der Waals surface area contributed by atoms with Gasteiger partial charge in [-0.25, -0.2) is 8.78 Å². The third kappa shape index (κ3) is 3.23. The van der Waals surface area contributed by atoms with E-state index in [1.54, 1.807) is 30.3 Å². The van der Waals surface area contributed by atoms with E-state index in [4.69, 9.17) is 0 Å². The van der Waals surface area contributed by atoms with Crippen molar-refractivity contribution in [1.82, 2.24) is 4.98 Å². The van der Waals surface area contributed by atoms with Crippen LogP contribution < -0.4 is 0 Å². The number of benzene rings is 1. The molecule has 0 saturated carbocycles. The zero-order chi connectivity index (χ0) is 15.2. The highest BCUT2D eigenvalue weighted by Crippen LogP contribution is 2.37. The Morgan fingerprint density at radius 1 is 1.14 bits per heavy atom. The van der Waals surface area contributed by atoms with E-state index in [1.165, 1.54) is 0 Å². The minimum atomic E-state index is -0.801. The van der Waals surface area contributed by atoms with Crippen LogP contribution in [0, 0.1) is 23.0 Å². The number of aromatic nitrogens is 1. The lowest BCUT2D eigenvalue weighted by Gasteiger charge is -2.22. The molecule has 0 amide bonds. The van der Waals surface area contributed by atoms with Gasteiger partial charge in [0.1, 0.15) is 11.6 Å². The van der Waals surface area contributed by atoms with E-state index in [0.29, 0.717) is 5.56 Å². The Morgan fingerprint density at radius 2 is 1.76 bits per heavy atom. The number of rotatable bonds is 5. The third-order valence-corrected chi connectivity index (χ3v) is 3.40. The molecule has 2 atom stereocenters. The Bertz CT molecular complexity index is 620. The first-order valence-corrected chi connectivity index (χ1v) is 6.53. The van der Waals surface area contributed by atoms with Crippen molar-refractivity contribution in [3.8, 4) is 6.07 Å². The third-order valence-electron chi connectivity index (χ3n) is 3.40. The number of nitrogens with zero attached hydrogens (tertiary/aromatic N) is 2. The predicted octanol–water partition coefficient (Wildman–Crippen LogP) is 3.13. The van der Waals surface area contributed by atoms with Gasteiger partial charge in [0.05, 0.1) is 24.4 Å². The average molecular weight is 288 g/mol. The van der Waals surface area contributed by atoms with Crippen LogP contribution in [-0.4, -0.2) is 16.7 Å². The molecule has 0 radical (unpaired) electrons. The molecule has 0 aliphatic rings. The number of hydrogen-bond acceptors (Lipinski definition) is 3. The average Bonchev–Trinajstić information content (AvgIpc) is 2.49. The topological polar surface area (TPSA) is 56.9 Å². The number of aliphatic hydroxyl groups is 1. The van der Waals surface area contributed by atoms with Gasteiger partial charge in [-0.1, -0.05) is 30.3 Å². The van der Waals surface area contributed by atoms with Crippen LogP contribution in [0.2, 0.25) is 0 Å². The summed E-state index contributed by atoms with van der Waals surface area (Å²) in [5, 5.41) is 18.6. The quantitative estimate of drug-likeness (QED) is 0.919. The van der Waals surface area contributed by atoms with Gasteiger partial charge in [0.25, 0.3) is 0 Å². The Kier molecular flexibility index (Phi) is 4.96. The van der Waals surface area contributed by atoms with Gasteiger partial charge in [0, 0.05) is 18.1 Å². The molecule has 2 rings (SSSR count). The second-order valence-corrected chi connectivity index (χ2v) is 4.65. The molecule has 21 heavy (non-hydrogen) atoms. The lowest BCUT2D eigenvalue weighted by Crippen LogP contribution is -2.15. The summed E-state index contributed by atoms with van der Waals surface area (Å²) in [6, 6.07) is 10.9. The summed E-state index contributed by atoms with van der Waals surface area (Å²) >= 11 is 0. The number of pyridine rings is 1. The monoisotopic (exact) mass is 288 g/mol. The molecule has 2 aromatic rings. The van der Waals surface area contributed by atoms with E-state index in [9.17, 15) is 19.1 Å². The molecule has 0 aliphatic carbocycles. The normalized spacial score (nSPS) is 13.4. The lowest BCUT2D eigenvalue weighted by atomic mass is 9.80. The maximum absolute atomic E-state index is 13.9. The fraction of sp³-hybridized carbons (Fsp3) is 0.250. The van der Waals surface area contributed by atoms with Crippen molar-refractivity contribution in [1.29, 1.82) is 5.26 Å². The molecule has 0 unspecified atom stereocenters. The predicted molar refractivity (Wildman–Crippen MR) is 73.4 cm³/mol. The zero-order valence-electron chi connectivity index (χ0n) is 11.2. The first kappa shape index (κ1) is 15.1. The van der Waals surface area contributed by atoms with Crippen molar-refractivity contribution in [3.63, 3.8) is 0 Å². The van der Waals surface area contributed by atoms with Crippen molar-refractivity contribution in [2.45, 2.75) is 18.3 Å². The van der Waals surface area contributed by atoms with Crippen LogP contribution in [0.5, 0.6) is 0 Å². The van der Waals surface area contributed by atoms with Crippen LogP contribution in [0.15, 0.2) is 42.7 Å². The molecule has 1 heterocycles.